The third kappa shape index (κ3) is 1.81. The van der Waals surface area contributed by atoms with Crippen molar-refractivity contribution in [3.8, 4) is 0 Å². The third-order valence-corrected chi connectivity index (χ3v) is 4.44. The third-order valence-electron chi connectivity index (χ3n) is 3.52. The van der Waals surface area contributed by atoms with Crippen molar-refractivity contribution in [3.63, 3.8) is 0 Å². The molecule has 0 atom stereocenters. The fourth-order valence-corrected chi connectivity index (χ4v) is 3.16. The van der Waals surface area contributed by atoms with Crippen LogP contribution in [0.4, 0.5) is 11.4 Å². The van der Waals surface area contributed by atoms with E-state index in [4.69, 9.17) is 16.0 Å². The number of rotatable bonds is 1. The first kappa shape index (κ1) is 14.2. The Morgan fingerprint density at radius 2 is 1.50 bits per heavy atom. The largest absolute Gasteiger partial charge is 0.398 e. The van der Waals surface area contributed by atoms with Gasteiger partial charge in [0.05, 0.1) is 16.8 Å². The van der Waals surface area contributed by atoms with Gasteiger partial charge < -0.3 is 11.5 Å². The van der Waals surface area contributed by atoms with Crippen molar-refractivity contribution in [2.75, 3.05) is 11.5 Å². The molecule has 0 fully saturated rings. The van der Waals surface area contributed by atoms with E-state index in [1.165, 1.54) is 12.1 Å². The van der Waals surface area contributed by atoms with Gasteiger partial charge in [-0.15, -0.1) is 0 Å². The molecule has 0 radical (unpaired) electrons. The molecule has 1 aliphatic carbocycles. The Labute approximate surface area is 125 Å². The normalized spacial score (nSPS) is 13.7. The Balaban J connectivity index is 2.39. The highest BCUT2D eigenvalue weighted by molar-refractivity contribution is 7.86. The summed E-state index contributed by atoms with van der Waals surface area (Å²) in [6.07, 6.45) is 0. The standard InChI is InChI=1S/C14H10N2O5S/c15-8-3-1-2-6-10(8)14(18)11-7(13(6)17)4-5-9(12(11)16)22(19,20)21/h1-5H,15-16H2,(H,19,20,21). The fourth-order valence-electron chi connectivity index (χ4n) is 2.54. The Kier molecular flexibility index (Phi) is 2.84. The Hall–Kier alpha value is -2.71. The summed E-state index contributed by atoms with van der Waals surface area (Å²) in [6.45, 7) is 0. The SMILES string of the molecule is Nc1cccc2c1C(=O)c1c(ccc(S(=O)(=O)O)c1N)C2=O. The minimum atomic E-state index is -4.62. The molecule has 0 heterocycles. The van der Waals surface area contributed by atoms with Crippen molar-refractivity contribution in [1.29, 1.82) is 0 Å². The lowest BCUT2D eigenvalue weighted by molar-refractivity contribution is 0.0980. The number of hydrogen-bond acceptors (Lipinski definition) is 6. The van der Waals surface area contributed by atoms with Gasteiger partial charge in [-0.2, -0.15) is 8.42 Å². The van der Waals surface area contributed by atoms with E-state index in [0.717, 1.165) is 12.1 Å². The van der Waals surface area contributed by atoms with Crippen LogP contribution in [0.1, 0.15) is 31.8 Å². The van der Waals surface area contributed by atoms with E-state index in [-0.39, 0.29) is 27.9 Å². The predicted octanol–water partition coefficient (Wildman–Crippen LogP) is 0.873. The van der Waals surface area contributed by atoms with E-state index in [1.807, 2.05) is 0 Å². The maximum absolute atomic E-state index is 12.6. The average molecular weight is 318 g/mol. The molecule has 0 bridgehead atoms. The lowest BCUT2D eigenvalue weighted by Crippen LogP contribution is -2.24. The Morgan fingerprint density at radius 1 is 0.864 bits per heavy atom. The van der Waals surface area contributed by atoms with Crippen LogP contribution in [0, 0.1) is 0 Å². The lowest BCUT2D eigenvalue weighted by Gasteiger charge is -2.21. The number of anilines is 2. The number of hydrogen-bond donors (Lipinski definition) is 3. The molecule has 1 aliphatic rings. The summed E-state index contributed by atoms with van der Waals surface area (Å²) in [7, 11) is -4.62. The zero-order valence-electron chi connectivity index (χ0n) is 11.0. The highest BCUT2D eigenvalue weighted by Gasteiger charge is 2.34. The summed E-state index contributed by atoms with van der Waals surface area (Å²) in [6, 6.07) is 6.60. The molecule has 3 rings (SSSR count). The molecule has 2 aromatic rings. The summed E-state index contributed by atoms with van der Waals surface area (Å²) < 4.78 is 31.7. The molecular weight excluding hydrogens is 308 g/mol. The van der Waals surface area contributed by atoms with Crippen molar-refractivity contribution >= 4 is 33.1 Å². The number of fused-ring (bicyclic) bond motifs is 2. The molecule has 0 saturated heterocycles. The van der Waals surface area contributed by atoms with E-state index >= 15 is 0 Å². The minimum absolute atomic E-state index is 0.0146. The molecule has 8 heteroatoms. The van der Waals surface area contributed by atoms with Crippen molar-refractivity contribution < 1.29 is 22.6 Å². The summed E-state index contributed by atoms with van der Waals surface area (Å²) in [5.41, 5.74) is 10.9. The number of nitrogens with two attached hydrogens (primary N) is 2. The topological polar surface area (TPSA) is 141 Å². The summed E-state index contributed by atoms with van der Waals surface area (Å²) in [5.74, 6) is -1.13. The molecule has 0 saturated carbocycles. The molecule has 0 aliphatic heterocycles. The van der Waals surface area contributed by atoms with Gasteiger partial charge in [-0.25, -0.2) is 0 Å². The van der Waals surface area contributed by atoms with Gasteiger partial charge in [0.1, 0.15) is 4.90 Å². The molecule has 5 N–H and O–H groups in total. The molecule has 2 aromatic carbocycles. The summed E-state index contributed by atoms with van der Waals surface area (Å²) in [5, 5.41) is 0. The molecule has 0 spiro atoms. The maximum atomic E-state index is 12.6. The second-order valence-corrected chi connectivity index (χ2v) is 6.19. The van der Waals surface area contributed by atoms with E-state index in [0.29, 0.717) is 0 Å². The van der Waals surface area contributed by atoms with Gasteiger partial charge in [-0.05, 0) is 18.2 Å². The Morgan fingerprint density at radius 3 is 2.14 bits per heavy atom. The first-order valence-corrected chi connectivity index (χ1v) is 7.55. The van der Waals surface area contributed by atoms with Crippen molar-refractivity contribution in [2.45, 2.75) is 4.90 Å². The number of benzene rings is 2. The van der Waals surface area contributed by atoms with Crippen LogP contribution in [0.25, 0.3) is 0 Å². The number of nitrogen functional groups attached to an aromatic ring is 2. The second-order valence-electron chi connectivity index (χ2n) is 4.80. The van der Waals surface area contributed by atoms with Gasteiger partial charge >= 0.3 is 0 Å². The van der Waals surface area contributed by atoms with Gasteiger partial charge in [0, 0.05) is 16.8 Å². The molecule has 7 nitrogen and oxygen atoms in total. The number of carbonyl (C=O) groups excluding carboxylic acids is 2. The highest BCUT2D eigenvalue weighted by atomic mass is 32.2. The second kappa shape index (κ2) is 4.39. The van der Waals surface area contributed by atoms with Gasteiger partial charge in [0.15, 0.2) is 11.6 Å². The van der Waals surface area contributed by atoms with Crippen molar-refractivity contribution in [1.82, 2.24) is 0 Å². The van der Waals surface area contributed by atoms with Gasteiger partial charge in [0.25, 0.3) is 10.1 Å². The average Bonchev–Trinajstić information content (AvgIpc) is 2.42. The minimum Gasteiger partial charge on any atom is -0.398 e. The predicted molar refractivity (Wildman–Crippen MR) is 78.4 cm³/mol. The van der Waals surface area contributed by atoms with E-state index < -0.39 is 32.3 Å². The van der Waals surface area contributed by atoms with Gasteiger partial charge in [-0.3, -0.25) is 14.1 Å². The van der Waals surface area contributed by atoms with Crippen molar-refractivity contribution in [3.05, 3.63) is 52.6 Å². The summed E-state index contributed by atoms with van der Waals surface area (Å²) in [4.78, 5) is 24.4. The van der Waals surface area contributed by atoms with E-state index in [1.54, 1.807) is 6.07 Å². The van der Waals surface area contributed by atoms with Crippen molar-refractivity contribution in [2.24, 2.45) is 0 Å². The molecular formula is C14H10N2O5S. The van der Waals surface area contributed by atoms with Crippen LogP contribution in [0.15, 0.2) is 35.2 Å². The highest BCUT2D eigenvalue weighted by Crippen LogP contribution is 2.36. The van der Waals surface area contributed by atoms with Crippen LogP contribution in [-0.2, 0) is 10.1 Å². The van der Waals surface area contributed by atoms with Crippen LogP contribution in [0.2, 0.25) is 0 Å². The maximum Gasteiger partial charge on any atom is 0.296 e. The quantitative estimate of drug-likeness (QED) is 0.446. The van der Waals surface area contributed by atoms with Crippen LogP contribution < -0.4 is 11.5 Å². The number of ketones is 2. The van der Waals surface area contributed by atoms with Crippen LogP contribution in [0.5, 0.6) is 0 Å². The zero-order valence-corrected chi connectivity index (χ0v) is 11.8. The lowest BCUT2D eigenvalue weighted by atomic mass is 9.82. The molecule has 0 unspecified atom stereocenters. The smallest absolute Gasteiger partial charge is 0.296 e. The van der Waals surface area contributed by atoms with E-state index in [9.17, 15) is 18.0 Å². The zero-order chi connectivity index (χ0) is 16.2. The number of carbonyl (C=O) groups is 2. The molecule has 112 valence electrons. The Bertz CT molecular complexity index is 963. The monoisotopic (exact) mass is 318 g/mol. The first-order chi connectivity index (χ1) is 10.2. The molecule has 22 heavy (non-hydrogen) atoms. The van der Waals surface area contributed by atoms with Crippen LogP contribution in [0.3, 0.4) is 0 Å². The first-order valence-electron chi connectivity index (χ1n) is 6.11. The fraction of sp³-hybridized carbons (Fsp3) is 0. The van der Waals surface area contributed by atoms with Crippen LogP contribution >= 0.6 is 0 Å². The van der Waals surface area contributed by atoms with Gasteiger partial charge in [-0.1, -0.05) is 12.1 Å². The summed E-state index contributed by atoms with van der Waals surface area (Å²) >= 11 is 0. The van der Waals surface area contributed by atoms with Crippen LogP contribution in [-0.4, -0.2) is 24.5 Å². The van der Waals surface area contributed by atoms with E-state index in [2.05, 4.69) is 0 Å². The molecule has 0 aromatic heterocycles. The molecule has 0 amide bonds. The van der Waals surface area contributed by atoms with Gasteiger partial charge in [0.2, 0.25) is 0 Å².